The van der Waals surface area contributed by atoms with Crippen LogP contribution in [0.5, 0.6) is 0 Å². The summed E-state index contributed by atoms with van der Waals surface area (Å²) in [6, 6.07) is 1.94. The third kappa shape index (κ3) is 2.02. The molecule has 3 heterocycles. The quantitative estimate of drug-likeness (QED) is 0.768. The predicted molar refractivity (Wildman–Crippen MR) is 71.9 cm³/mol. The second-order valence-electron chi connectivity index (χ2n) is 3.90. The maximum atomic E-state index is 5.50. The van der Waals surface area contributed by atoms with Gasteiger partial charge in [0.25, 0.3) is 0 Å². The number of H-pyrrole nitrogens is 1. The van der Waals surface area contributed by atoms with Crippen LogP contribution in [-0.2, 0) is 6.54 Å². The second kappa shape index (κ2) is 4.51. The summed E-state index contributed by atoms with van der Waals surface area (Å²) in [4.78, 5) is 16.1. The molecule has 0 aliphatic rings. The number of halogens is 1. The van der Waals surface area contributed by atoms with Crippen molar-refractivity contribution in [3.05, 3.63) is 29.3 Å². The summed E-state index contributed by atoms with van der Waals surface area (Å²) in [5, 5.41) is 0. The van der Waals surface area contributed by atoms with Gasteiger partial charge in [-0.1, -0.05) is 0 Å². The maximum absolute atomic E-state index is 5.50. The Morgan fingerprint density at radius 3 is 3.11 bits per heavy atom. The van der Waals surface area contributed by atoms with Crippen molar-refractivity contribution in [2.24, 2.45) is 5.73 Å². The van der Waals surface area contributed by atoms with Crippen LogP contribution in [0, 0.1) is 0 Å². The van der Waals surface area contributed by atoms with Gasteiger partial charge in [0.1, 0.15) is 5.69 Å². The summed E-state index contributed by atoms with van der Waals surface area (Å²) in [5.74, 6) is 0.714. The summed E-state index contributed by atoms with van der Waals surface area (Å²) < 4.78 is 2.85. The number of hydrogen-bond donors (Lipinski definition) is 2. The zero-order chi connectivity index (χ0) is 12.5. The van der Waals surface area contributed by atoms with Crippen LogP contribution in [0.2, 0.25) is 0 Å². The number of fused-ring (bicyclic) bond motifs is 1. The van der Waals surface area contributed by atoms with Crippen molar-refractivity contribution < 1.29 is 0 Å². The van der Waals surface area contributed by atoms with Crippen LogP contribution in [-0.4, -0.2) is 31.0 Å². The van der Waals surface area contributed by atoms with Crippen LogP contribution in [0.1, 0.15) is 0 Å². The second-order valence-corrected chi connectivity index (χ2v) is 4.81. The topological polar surface area (TPSA) is 85.4 Å². The lowest BCUT2D eigenvalue weighted by Gasteiger charge is -1.94. The zero-order valence-electron chi connectivity index (χ0n) is 9.47. The van der Waals surface area contributed by atoms with Crippen LogP contribution in [0.15, 0.2) is 29.3 Å². The smallest absolute Gasteiger partial charge is 0.178 e. The zero-order valence-corrected chi connectivity index (χ0v) is 11.1. The summed E-state index contributed by atoms with van der Waals surface area (Å²) in [5.41, 5.74) is 7.85. The summed E-state index contributed by atoms with van der Waals surface area (Å²) in [7, 11) is 0. The van der Waals surface area contributed by atoms with Gasteiger partial charge in [-0.3, -0.25) is 0 Å². The first-order valence-electron chi connectivity index (χ1n) is 5.50. The largest absolute Gasteiger partial charge is 0.335 e. The molecule has 92 valence electrons. The Morgan fingerprint density at radius 1 is 1.39 bits per heavy atom. The van der Waals surface area contributed by atoms with Crippen molar-refractivity contribution in [1.29, 1.82) is 0 Å². The minimum Gasteiger partial charge on any atom is -0.335 e. The van der Waals surface area contributed by atoms with Gasteiger partial charge in [0.15, 0.2) is 11.5 Å². The Morgan fingerprint density at radius 2 is 2.28 bits per heavy atom. The molecule has 7 heteroatoms. The van der Waals surface area contributed by atoms with E-state index in [-0.39, 0.29) is 0 Å². The lowest BCUT2D eigenvalue weighted by Crippen LogP contribution is -2.07. The van der Waals surface area contributed by atoms with Gasteiger partial charge in [0.2, 0.25) is 0 Å². The first-order valence-corrected chi connectivity index (χ1v) is 6.29. The molecule has 18 heavy (non-hydrogen) atoms. The first kappa shape index (κ1) is 11.4. The number of hydrogen-bond acceptors (Lipinski definition) is 4. The fourth-order valence-electron chi connectivity index (χ4n) is 1.75. The molecule has 3 aromatic heterocycles. The fraction of sp³-hybridized carbons (Fsp3) is 0.182. The Kier molecular flexibility index (Phi) is 2.85. The summed E-state index contributed by atoms with van der Waals surface area (Å²) in [6.07, 6.45) is 5.39. The van der Waals surface area contributed by atoms with Gasteiger partial charge in [-0.05, 0) is 22.0 Å². The average molecular weight is 307 g/mol. The van der Waals surface area contributed by atoms with E-state index in [1.807, 2.05) is 16.8 Å². The van der Waals surface area contributed by atoms with E-state index in [1.165, 1.54) is 0 Å². The number of rotatable bonds is 3. The van der Waals surface area contributed by atoms with E-state index in [9.17, 15) is 0 Å². The Bertz CT molecular complexity index is 686. The van der Waals surface area contributed by atoms with Crippen LogP contribution in [0.25, 0.3) is 22.7 Å². The Labute approximate surface area is 111 Å². The van der Waals surface area contributed by atoms with E-state index in [4.69, 9.17) is 5.73 Å². The van der Waals surface area contributed by atoms with Gasteiger partial charge in [0, 0.05) is 30.0 Å². The predicted octanol–water partition coefficient (Wildman–Crippen LogP) is 1.54. The average Bonchev–Trinajstić information content (AvgIpc) is 2.94. The lowest BCUT2D eigenvalue weighted by atomic mass is 10.4. The molecule has 0 spiro atoms. The van der Waals surface area contributed by atoms with E-state index >= 15 is 0 Å². The first-order chi connectivity index (χ1) is 8.76. The molecule has 0 saturated carbocycles. The van der Waals surface area contributed by atoms with Gasteiger partial charge in [-0.2, -0.15) is 0 Å². The molecule has 0 bridgehead atoms. The minimum absolute atomic E-state index is 0.588. The monoisotopic (exact) mass is 306 g/mol. The molecule has 3 N–H and O–H groups in total. The highest BCUT2D eigenvalue weighted by molar-refractivity contribution is 9.10. The van der Waals surface area contributed by atoms with E-state index in [0.717, 1.165) is 22.2 Å². The van der Waals surface area contributed by atoms with Crippen LogP contribution in [0.4, 0.5) is 0 Å². The molecule has 0 unspecified atom stereocenters. The van der Waals surface area contributed by atoms with E-state index in [1.54, 1.807) is 12.5 Å². The number of pyridine rings is 1. The van der Waals surface area contributed by atoms with Crippen LogP contribution >= 0.6 is 15.9 Å². The molecular formula is C11H11BrN6. The highest BCUT2D eigenvalue weighted by Crippen LogP contribution is 2.20. The number of imidazole rings is 2. The van der Waals surface area contributed by atoms with Crippen molar-refractivity contribution in [3.8, 4) is 11.5 Å². The molecule has 3 aromatic rings. The molecule has 0 aliphatic carbocycles. The number of nitrogens with one attached hydrogen (secondary N) is 1. The number of aromatic nitrogens is 5. The molecule has 0 saturated heterocycles. The normalized spacial score (nSPS) is 11.2. The summed E-state index contributed by atoms with van der Waals surface area (Å²) >= 11 is 3.38. The molecular weight excluding hydrogens is 296 g/mol. The van der Waals surface area contributed by atoms with Crippen molar-refractivity contribution in [1.82, 2.24) is 24.5 Å². The molecule has 0 aromatic carbocycles. The van der Waals surface area contributed by atoms with Gasteiger partial charge < -0.3 is 15.3 Å². The Balaban J connectivity index is 2.02. The summed E-state index contributed by atoms with van der Waals surface area (Å²) in [6.45, 7) is 1.33. The van der Waals surface area contributed by atoms with Gasteiger partial charge in [-0.25, -0.2) is 15.0 Å². The molecule has 0 aliphatic heterocycles. The van der Waals surface area contributed by atoms with Crippen LogP contribution < -0.4 is 5.73 Å². The van der Waals surface area contributed by atoms with Gasteiger partial charge in [0.05, 0.1) is 11.8 Å². The number of nitrogens with zero attached hydrogens (tertiary/aromatic N) is 4. The molecule has 0 radical (unpaired) electrons. The highest BCUT2D eigenvalue weighted by Gasteiger charge is 2.09. The van der Waals surface area contributed by atoms with Gasteiger partial charge >= 0.3 is 0 Å². The Hall–Kier alpha value is -1.73. The molecule has 0 atom stereocenters. The minimum atomic E-state index is 0.588. The van der Waals surface area contributed by atoms with Crippen molar-refractivity contribution in [3.63, 3.8) is 0 Å². The van der Waals surface area contributed by atoms with Crippen LogP contribution in [0.3, 0.4) is 0 Å². The number of aromatic amines is 1. The third-order valence-corrected chi connectivity index (χ3v) is 3.00. The highest BCUT2D eigenvalue weighted by atomic mass is 79.9. The maximum Gasteiger partial charge on any atom is 0.178 e. The molecule has 0 amide bonds. The SMILES string of the molecule is NCCn1cnc(-c2nc3ncc(Br)cc3[nH]2)c1. The van der Waals surface area contributed by atoms with E-state index in [2.05, 4.69) is 35.9 Å². The van der Waals surface area contributed by atoms with E-state index in [0.29, 0.717) is 18.0 Å². The third-order valence-electron chi connectivity index (χ3n) is 2.57. The number of nitrogens with two attached hydrogens (primary N) is 1. The standard InChI is InChI=1S/C11H11BrN6/c12-7-3-8-10(14-4-7)17-11(16-8)9-5-18(2-1-13)6-15-9/h3-6H,1-2,13H2,(H,14,16,17). The van der Waals surface area contributed by atoms with Crippen molar-refractivity contribution in [2.75, 3.05) is 6.54 Å². The molecule has 0 fully saturated rings. The fourth-order valence-corrected chi connectivity index (χ4v) is 2.08. The molecule has 6 nitrogen and oxygen atoms in total. The lowest BCUT2D eigenvalue weighted by molar-refractivity contribution is 0.708. The molecule has 3 rings (SSSR count). The van der Waals surface area contributed by atoms with E-state index < -0.39 is 0 Å². The van der Waals surface area contributed by atoms with Crippen molar-refractivity contribution >= 4 is 27.1 Å². The van der Waals surface area contributed by atoms with Crippen molar-refractivity contribution in [2.45, 2.75) is 6.54 Å². The van der Waals surface area contributed by atoms with Gasteiger partial charge in [-0.15, -0.1) is 0 Å².